The van der Waals surface area contributed by atoms with E-state index < -0.39 is 11.9 Å². The van der Waals surface area contributed by atoms with Crippen LogP contribution in [-0.2, 0) is 17.9 Å². The Hall–Kier alpha value is -3.62. The van der Waals surface area contributed by atoms with Crippen molar-refractivity contribution in [3.05, 3.63) is 58.9 Å². The first-order valence-electron chi connectivity index (χ1n) is 8.34. The van der Waals surface area contributed by atoms with Gasteiger partial charge in [0.15, 0.2) is 0 Å². The van der Waals surface area contributed by atoms with E-state index in [1.54, 1.807) is 12.1 Å². The topological polar surface area (TPSA) is 119 Å². The number of aldehydes is 1. The zero-order chi connectivity index (χ0) is 20.7. The second kappa shape index (κ2) is 9.36. The average molecular weight is 389 g/mol. The molecule has 9 heteroatoms. The second-order valence-electron chi connectivity index (χ2n) is 5.87. The monoisotopic (exact) mass is 389 g/mol. The fraction of sp³-hybridized carbons (Fsp3) is 0.211. The molecule has 0 radical (unpaired) electrons. The molecular formula is C19H20FN3O5. The molecule has 2 aromatic carbocycles. The van der Waals surface area contributed by atoms with Gasteiger partial charge in [0.25, 0.3) is 5.91 Å². The van der Waals surface area contributed by atoms with Crippen molar-refractivity contribution in [2.24, 2.45) is 0 Å². The van der Waals surface area contributed by atoms with Crippen LogP contribution in [0.5, 0.6) is 5.75 Å². The fourth-order valence-corrected chi connectivity index (χ4v) is 2.66. The molecule has 2 aromatic rings. The summed E-state index contributed by atoms with van der Waals surface area (Å²) in [6, 6.07) is 9.26. The largest absolute Gasteiger partial charge is 0.508 e. The summed E-state index contributed by atoms with van der Waals surface area (Å²) in [5, 5.41) is 21.9. The number of nitrogens with zero attached hydrogens (tertiary/aromatic N) is 1. The zero-order valence-corrected chi connectivity index (χ0v) is 15.1. The number of phenols is 1. The summed E-state index contributed by atoms with van der Waals surface area (Å²) in [5.74, 6) is -0.794. The van der Waals surface area contributed by atoms with E-state index in [1.807, 2.05) is 11.4 Å². The molecule has 0 atom stereocenters. The van der Waals surface area contributed by atoms with Gasteiger partial charge >= 0.3 is 6.09 Å². The molecule has 4 N–H and O–H groups in total. The predicted molar refractivity (Wildman–Crippen MR) is 99.7 cm³/mol. The Balaban J connectivity index is 0.000000500. The van der Waals surface area contributed by atoms with Crippen LogP contribution in [0.1, 0.15) is 21.5 Å². The number of carbonyl (C=O) groups is 3. The first kappa shape index (κ1) is 20.7. The lowest BCUT2D eigenvalue weighted by Gasteiger charge is -2.12. The number of fused-ring (bicyclic) bond motifs is 1. The molecule has 0 bridgehead atoms. The molecule has 0 saturated heterocycles. The number of anilines is 1. The standard InChI is InChI=1S/C17H15FN2O3.C2H5NO2/c18-15-8-12(22)5-4-11(15)9-19-16-3-1-2-13-14(16)10-20(6-7-21)17(13)23;1-3-2(4)5/h1-5,7-8,19,22H,6,9-10H2;3H,1H3,(H,4,5). The minimum absolute atomic E-state index is 0.0551. The lowest BCUT2D eigenvalue weighted by Crippen LogP contribution is -2.25. The SMILES string of the molecule is CNC(=O)O.O=CCN1Cc2c(NCc3ccc(O)cc3F)cccc2C1=O. The Kier molecular flexibility index (Phi) is 6.91. The molecule has 0 saturated carbocycles. The van der Waals surface area contributed by atoms with Crippen molar-refractivity contribution in [1.82, 2.24) is 10.2 Å². The van der Waals surface area contributed by atoms with Crippen LogP contribution in [0, 0.1) is 5.82 Å². The third-order valence-corrected chi connectivity index (χ3v) is 4.06. The van der Waals surface area contributed by atoms with E-state index in [2.05, 4.69) is 5.32 Å². The number of amides is 2. The summed E-state index contributed by atoms with van der Waals surface area (Å²) in [5.41, 5.74) is 2.51. The number of halogens is 1. The molecule has 0 aliphatic carbocycles. The predicted octanol–water partition coefficient (Wildman–Crippen LogP) is 2.18. The molecule has 1 heterocycles. The number of aromatic hydroxyl groups is 1. The van der Waals surface area contributed by atoms with Gasteiger partial charge in [-0.2, -0.15) is 0 Å². The summed E-state index contributed by atoms with van der Waals surface area (Å²) >= 11 is 0. The van der Waals surface area contributed by atoms with Gasteiger partial charge in [0, 0.05) is 48.6 Å². The summed E-state index contributed by atoms with van der Waals surface area (Å²) in [4.78, 5) is 33.5. The van der Waals surface area contributed by atoms with E-state index in [0.717, 1.165) is 17.3 Å². The van der Waals surface area contributed by atoms with Crippen LogP contribution in [-0.4, -0.2) is 47.0 Å². The number of nitrogens with one attached hydrogen (secondary N) is 2. The minimum Gasteiger partial charge on any atom is -0.508 e. The molecule has 0 unspecified atom stereocenters. The van der Waals surface area contributed by atoms with Crippen molar-refractivity contribution in [3.8, 4) is 5.75 Å². The number of rotatable bonds is 5. The van der Waals surface area contributed by atoms with Gasteiger partial charge in [-0.05, 0) is 18.2 Å². The van der Waals surface area contributed by atoms with Crippen LogP contribution in [0.3, 0.4) is 0 Å². The molecule has 0 spiro atoms. The molecule has 0 fully saturated rings. The van der Waals surface area contributed by atoms with Gasteiger partial charge in [-0.25, -0.2) is 9.18 Å². The first-order chi connectivity index (χ1) is 13.4. The minimum atomic E-state index is -0.995. The van der Waals surface area contributed by atoms with Gasteiger partial charge in [-0.1, -0.05) is 12.1 Å². The van der Waals surface area contributed by atoms with Crippen molar-refractivity contribution in [2.75, 3.05) is 18.9 Å². The third kappa shape index (κ3) is 4.97. The summed E-state index contributed by atoms with van der Waals surface area (Å²) in [6.45, 7) is 0.637. The smallest absolute Gasteiger partial charge is 0.404 e. The lowest BCUT2D eigenvalue weighted by atomic mass is 10.1. The molecule has 148 valence electrons. The molecule has 1 aliphatic rings. The van der Waals surface area contributed by atoms with Crippen LogP contribution in [0.2, 0.25) is 0 Å². The van der Waals surface area contributed by atoms with Gasteiger partial charge in [0.1, 0.15) is 17.9 Å². The third-order valence-electron chi connectivity index (χ3n) is 4.06. The number of carbonyl (C=O) groups excluding carboxylic acids is 2. The van der Waals surface area contributed by atoms with E-state index in [0.29, 0.717) is 24.0 Å². The van der Waals surface area contributed by atoms with Gasteiger partial charge in [-0.3, -0.25) is 4.79 Å². The van der Waals surface area contributed by atoms with Crippen LogP contribution in [0.4, 0.5) is 14.9 Å². The maximum atomic E-state index is 13.8. The molecule has 0 aromatic heterocycles. The number of carboxylic acid groups (broad SMARTS) is 1. The quantitative estimate of drug-likeness (QED) is 0.582. The van der Waals surface area contributed by atoms with E-state index in [9.17, 15) is 23.9 Å². The van der Waals surface area contributed by atoms with E-state index in [1.165, 1.54) is 24.1 Å². The van der Waals surface area contributed by atoms with E-state index in [4.69, 9.17) is 5.11 Å². The fourth-order valence-electron chi connectivity index (χ4n) is 2.66. The van der Waals surface area contributed by atoms with Crippen molar-refractivity contribution in [2.45, 2.75) is 13.1 Å². The number of hydrogen-bond acceptors (Lipinski definition) is 5. The highest BCUT2D eigenvalue weighted by molar-refractivity contribution is 6.00. The maximum Gasteiger partial charge on any atom is 0.404 e. The van der Waals surface area contributed by atoms with Crippen molar-refractivity contribution < 1.29 is 29.0 Å². The van der Waals surface area contributed by atoms with Crippen molar-refractivity contribution in [1.29, 1.82) is 0 Å². The first-order valence-corrected chi connectivity index (χ1v) is 8.34. The van der Waals surface area contributed by atoms with Crippen LogP contribution in [0.15, 0.2) is 36.4 Å². The maximum absolute atomic E-state index is 13.8. The average Bonchev–Trinajstić information content (AvgIpc) is 2.98. The van der Waals surface area contributed by atoms with Gasteiger partial charge in [0.05, 0.1) is 6.54 Å². The van der Waals surface area contributed by atoms with E-state index >= 15 is 0 Å². The molecule has 3 rings (SSSR count). The number of benzene rings is 2. The van der Waals surface area contributed by atoms with Gasteiger partial charge < -0.3 is 30.5 Å². The van der Waals surface area contributed by atoms with Crippen molar-refractivity contribution in [3.63, 3.8) is 0 Å². The highest BCUT2D eigenvalue weighted by atomic mass is 19.1. The Labute approximate surface area is 160 Å². The Morgan fingerprint density at radius 2 is 2.04 bits per heavy atom. The Bertz CT molecular complexity index is 888. The summed E-state index contributed by atoms with van der Waals surface area (Å²) in [7, 11) is 1.35. The second-order valence-corrected chi connectivity index (χ2v) is 5.87. The highest BCUT2D eigenvalue weighted by Crippen LogP contribution is 2.29. The van der Waals surface area contributed by atoms with Crippen LogP contribution in [0.25, 0.3) is 0 Å². The molecule has 8 nitrogen and oxygen atoms in total. The Morgan fingerprint density at radius 1 is 1.32 bits per heavy atom. The number of hydrogen-bond donors (Lipinski definition) is 4. The molecule has 1 aliphatic heterocycles. The lowest BCUT2D eigenvalue weighted by molar-refractivity contribution is -0.108. The zero-order valence-electron chi connectivity index (χ0n) is 15.1. The molecular weight excluding hydrogens is 369 g/mol. The normalized spacial score (nSPS) is 11.9. The summed E-state index contributed by atoms with van der Waals surface area (Å²) in [6.07, 6.45) is -0.298. The van der Waals surface area contributed by atoms with Gasteiger partial charge in [0.2, 0.25) is 0 Å². The molecule has 28 heavy (non-hydrogen) atoms. The van der Waals surface area contributed by atoms with Gasteiger partial charge in [-0.15, -0.1) is 0 Å². The van der Waals surface area contributed by atoms with E-state index in [-0.39, 0.29) is 24.7 Å². The summed E-state index contributed by atoms with van der Waals surface area (Å²) < 4.78 is 13.8. The molecule has 2 amide bonds. The highest BCUT2D eigenvalue weighted by Gasteiger charge is 2.28. The van der Waals surface area contributed by atoms with Crippen LogP contribution >= 0.6 is 0 Å². The van der Waals surface area contributed by atoms with Crippen molar-refractivity contribution >= 4 is 24.0 Å². The van der Waals surface area contributed by atoms with Crippen LogP contribution < -0.4 is 10.6 Å². The number of phenolic OH excluding ortho intramolecular Hbond substituents is 1. The Morgan fingerprint density at radius 3 is 2.64 bits per heavy atom.